The Hall–Kier alpha value is -2.28. The van der Waals surface area contributed by atoms with Gasteiger partial charge < -0.3 is 4.90 Å². The van der Waals surface area contributed by atoms with Crippen LogP contribution in [0.2, 0.25) is 0 Å². The van der Waals surface area contributed by atoms with Crippen molar-refractivity contribution in [2.24, 2.45) is 0 Å². The summed E-state index contributed by atoms with van der Waals surface area (Å²) < 4.78 is 1.81. The second-order valence-electron chi connectivity index (χ2n) is 6.94. The summed E-state index contributed by atoms with van der Waals surface area (Å²) in [5, 5.41) is 12.3. The van der Waals surface area contributed by atoms with Gasteiger partial charge in [-0.15, -0.1) is 5.10 Å². The molecule has 7 nitrogen and oxygen atoms in total. The maximum absolute atomic E-state index is 11.9. The number of hydrogen-bond donors (Lipinski definition) is 0. The van der Waals surface area contributed by atoms with E-state index in [0.717, 1.165) is 50.4 Å². The Kier molecular flexibility index (Phi) is 4.48. The van der Waals surface area contributed by atoms with Gasteiger partial charge in [0.1, 0.15) is 0 Å². The van der Waals surface area contributed by atoms with Gasteiger partial charge in [-0.2, -0.15) is 4.68 Å². The number of amides is 1. The van der Waals surface area contributed by atoms with Crippen molar-refractivity contribution in [3.05, 3.63) is 36.2 Å². The van der Waals surface area contributed by atoms with Crippen LogP contribution in [0.4, 0.5) is 0 Å². The Morgan fingerprint density at radius 3 is 2.68 bits per heavy atom. The summed E-state index contributed by atoms with van der Waals surface area (Å²) in [4.78, 5) is 16.5. The van der Waals surface area contributed by atoms with Gasteiger partial charge in [0.15, 0.2) is 5.82 Å². The molecule has 0 N–H and O–H groups in total. The molecule has 2 atom stereocenters. The van der Waals surface area contributed by atoms with Crippen molar-refractivity contribution in [1.29, 1.82) is 0 Å². The zero-order valence-electron chi connectivity index (χ0n) is 14.6. The van der Waals surface area contributed by atoms with Gasteiger partial charge in [0.2, 0.25) is 5.91 Å². The molecule has 25 heavy (non-hydrogen) atoms. The van der Waals surface area contributed by atoms with E-state index in [1.807, 2.05) is 35.0 Å². The molecule has 1 aromatic heterocycles. The molecule has 0 unspecified atom stereocenters. The third kappa shape index (κ3) is 3.16. The van der Waals surface area contributed by atoms with Gasteiger partial charge >= 0.3 is 0 Å². The van der Waals surface area contributed by atoms with Crippen LogP contribution in [0.3, 0.4) is 0 Å². The van der Waals surface area contributed by atoms with Crippen molar-refractivity contribution in [2.45, 2.75) is 51.2 Å². The van der Waals surface area contributed by atoms with E-state index in [9.17, 15) is 4.79 Å². The summed E-state index contributed by atoms with van der Waals surface area (Å²) in [6.07, 6.45) is 4.52. The number of aromatic nitrogens is 4. The minimum absolute atomic E-state index is 0.198. The van der Waals surface area contributed by atoms with E-state index in [4.69, 9.17) is 0 Å². The second kappa shape index (κ2) is 6.92. The highest BCUT2D eigenvalue weighted by molar-refractivity contribution is 5.74. The van der Waals surface area contributed by atoms with Crippen LogP contribution in [0, 0.1) is 0 Å². The number of benzene rings is 1. The van der Waals surface area contributed by atoms with Gasteiger partial charge in [-0.1, -0.05) is 18.2 Å². The molecule has 2 aliphatic rings. The van der Waals surface area contributed by atoms with E-state index >= 15 is 0 Å². The predicted octanol–water partition coefficient (Wildman–Crippen LogP) is 1.64. The van der Waals surface area contributed by atoms with Gasteiger partial charge in [-0.25, -0.2) is 0 Å². The Morgan fingerprint density at radius 1 is 1.12 bits per heavy atom. The van der Waals surface area contributed by atoms with E-state index in [2.05, 4.69) is 25.3 Å². The Bertz CT molecular complexity index is 730. The molecule has 0 saturated carbocycles. The molecule has 4 rings (SSSR count). The first kappa shape index (κ1) is 16.2. The molecule has 2 fully saturated rings. The average molecular weight is 340 g/mol. The van der Waals surface area contributed by atoms with Crippen LogP contribution in [0.15, 0.2) is 30.3 Å². The van der Waals surface area contributed by atoms with Gasteiger partial charge in [0, 0.05) is 25.6 Å². The average Bonchev–Trinajstić information content (AvgIpc) is 3.36. The minimum Gasteiger partial charge on any atom is -0.338 e. The molecule has 3 heterocycles. The molecule has 7 heteroatoms. The maximum Gasteiger partial charge on any atom is 0.219 e. The van der Waals surface area contributed by atoms with Crippen LogP contribution >= 0.6 is 0 Å². The van der Waals surface area contributed by atoms with E-state index in [1.165, 1.54) is 6.42 Å². The molecule has 0 bridgehead atoms. The first-order chi connectivity index (χ1) is 12.2. The number of carbonyl (C=O) groups is 1. The smallest absolute Gasteiger partial charge is 0.219 e. The van der Waals surface area contributed by atoms with Crippen LogP contribution in [-0.2, 0) is 11.3 Å². The van der Waals surface area contributed by atoms with Crippen LogP contribution in [0.1, 0.15) is 38.4 Å². The number of tetrazole rings is 1. The normalized spacial score (nSPS) is 24.1. The zero-order valence-corrected chi connectivity index (χ0v) is 14.6. The Labute approximate surface area is 147 Å². The summed E-state index contributed by atoms with van der Waals surface area (Å²) in [6, 6.07) is 10.7. The minimum atomic E-state index is 0.198. The molecular formula is C18H24N6O. The predicted molar refractivity (Wildman–Crippen MR) is 93.0 cm³/mol. The Balaban J connectivity index is 1.53. The molecule has 0 aliphatic carbocycles. The summed E-state index contributed by atoms with van der Waals surface area (Å²) in [5.41, 5.74) is 0.976. The van der Waals surface area contributed by atoms with E-state index in [1.54, 1.807) is 6.92 Å². The van der Waals surface area contributed by atoms with E-state index in [-0.39, 0.29) is 5.91 Å². The SMILES string of the molecule is CC(=O)N1CCC[C@@H]1[C@H]1CCCN1Cc1nnnn1-c1ccccc1. The highest BCUT2D eigenvalue weighted by Crippen LogP contribution is 2.31. The van der Waals surface area contributed by atoms with Crippen LogP contribution in [0.5, 0.6) is 0 Å². The summed E-state index contributed by atoms with van der Waals surface area (Å²) in [6.45, 7) is 4.34. The fourth-order valence-electron chi connectivity index (χ4n) is 4.32. The third-order valence-corrected chi connectivity index (χ3v) is 5.44. The van der Waals surface area contributed by atoms with E-state index in [0.29, 0.717) is 12.1 Å². The molecule has 2 saturated heterocycles. The molecule has 1 aromatic carbocycles. The number of para-hydroxylation sites is 1. The highest BCUT2D eigenvalue weighted by Gasteiger charge is 2.39. The standard InChI is InChI=1S/C18H24N6O/c1-14(25)23-12-6-10-17(23)16-9-5-11-22(16)13-18-19-20-21-24(18)15-7-3-2-4-8-15/h2-4,7-8,16-17H,5-6,9-13H2,1H3/t16-,17-/m1/s1. The van der Waals surface area contributed by atoms with Crippen LogP contribution < -0.4 is 0 Å². The van der Waals surface area contributed by atoms with Crippen molar-refractivity contribution in [2.75, 3.05) is 13.1 Å². The largest absolute Gasteiger partial charge is 0.338 e. The van der Waals surface area contributed by atoms with E-state index < -0.39 is 0 Å². The monoisotopic (exact) mass is 340 g/mol. The lowest BCUT2D eigenvalue weighted by Crippen LogP contribution is -2.47. The topological polar surface area (TPSA) is 67.2 Å². The number of carbonyl (C=O) groups excluding carboxylic acids is 1. The summed E-state index contributed by atoms with van der Waals surface area (Å²) in [7, 11) is 0. The van der Waals surface area contributed by atoms with Crippen molar-refractivity contribution in [3.8, 4) is 5.69 Å². The fourth-order valence-corrected chi connectivity index (χ4v) is 4.32. The summed E-state index contributed by atoms with van der Waals surface area (Å²) in [5.74, 6) is 1.05. The van der Waals surface area contributed by atoms with Crippen LogP contribution in [-0.4, -0.2) is 61.1 Å². The lowest BCUT2D eigenvalue weighted by atomic mass is 10.0. The van der Waals surface area contributed by atoms with Gasteiger partial charge in [0.25, 0.3) is 0 Å². The Morgan fingerprint density at radius 2 is 1.88 bits per heavy atom. The van der Waals surface area contributed by atoms with Crippen molar-refractivity contribution in [3.63, 3.8) is 0 Å². The molecular weight excluding hydrogens is 316 g/mol. The molecule has 132 valence electrons. The molecule has 0 radical (unpaired) electrons. The summed E-state index contributed by atoms with van der Waals surface area (Å²) >= 11 is 0. The van der Waals surface area contributed by atoms with Crippen LogP contribution in [0.25, 0.3) is 5.69 Å². The number of hydrogen-bond acceptors (Lipinski definition) is 5. The van der Waals surface area contributed by atoms with Crippen molar-refractivity contribution < 1.29 is 4.79 Å². The molecule has 2 aromatic rings. The van der Waals surface area contributed by atoms with Crippen molar-refractivity contribution in [1.82, 2.24) is 30.0 Å². The number of nitrogens with zero attached hydrogens (tertiary/aromatic N) is 6. The van der Waals surface area contributed by atoms with Gasteiger partial charge in [-0.05, 0) is 54.8 Å². The fraction of sp³-hybridized carbons (Fsp3) is 0.556. The van der Waals surface area contributed by atoms with Gasteiger partial charge in [-0.3, -0.25) is 9.69 Å². The zero-order chi connectivity index (χ0) is 17.2. The molecule has 0 spiro atoms. The number of likely N-dealkylation sites (tertiary alicyclic amines) is 2. The maximum atomic E-state index is 11.9. The molecule has 2 aliphatic heterocycles. The molecule has 1 amide bonds. The quantitative estimate of drug-likeness (QED) is 0.846. The first-order valence-electron chi connectivity index (χ1n) is 9.08. The van der Waals surface area contributed by atoms with Gasteiger partial charge in [0.05, 0.1) is 12.2 Å². The van der Waals surface area contributed by atoms with Crippen molar-refractivity contribution >= 4 is 5.91 Å². The second-order valence-corrected chi connectivity index (χ2v) is 6.94. The third-order valence-electron chi connectivity index (χ3n) is 5.44. The first-order valence-corrected chi connectivity index (χ1v) is 9.08. The number of rotatable bonds is 4. The highest BCUT2D eigenvalue weighted by atomic mass is 16.2. The lowest BCUT2D eigenvalue weighted by Gasteiger charge is -2.34. The lowest BCUT2D eigenvalue weighted by molar-refractivity contribution is -0.130.